The molecule has 0 N–H and O–H groups in total. The summed E-state index contributed by atoms with van der Waals surface area (Å²) in [6.07, 6.45) is 1.93. The summed E-state index contributed by atoms with van der Waals surface area (Å²) in [5.74, 6) is -0.0487. The number of carbonyl (C=O) groups excluding carboxylic acids is 1. The van der Waals surface area contributed by atoms with E-state index in [4.69, 9.17) is 0 Å². The molecule has 154 valence electrons. The predicted molar refractivity (Wildman–Crippen MR) is 120 cm³/mol. The van der Waals surface area contributed by atoms with Gasteiger partial charge < -0.3 is 9.80 Å². The van der Waals surface area contributed by atoms with Crippen LogP contribution in [0, 0.1) is 18.2 Å². The van der Waals surface area contributed by atoms with E-state index in [-0.39, 0.29) is 23.2 Å². The largest absolute Gasteiger partial charge is 0.363 e. The molecule has 3 heterocycles. The van der Waals surface area contributed by atoms with Gasteiger partial charge in [0.2, 0.25) is 0 Å². The van der Waals surface area contributed by atoms with E-state index < -0.39 is 0 Å². The molecule has 3 nitrogen and oxygen atoms in total. The number of amides is 1. The molecule has 2 aliphatic heterocycles. The fraction of sp³-hybridized carbons (Fsp3) is 0.320. The van der Waals surface area contributed by atoms with Crippen LogP contribution in [0.15, 0.2) is 66.7 Å². The first kappa shape index (κ1) is 19.3. The van der Waals surface area contributed by atoms with Crippen molar-refractivity contribution in [2.45, 2.75) is 25.8 Å². The summed E-state index contributed by atoms with van der Waals surface area (Å²) >= 11 is 1.57. The SMILES string of the molecule is Cc1ccc(C(=O)N2CCC3(CC2)CN(c2cccc(F)c2)C3c2ccccc2)s1. The van der Waals surface area contributed by atoms with Gasteiger partial charge in [-0.15, -0.1) is 11.3 Å². The molecular weight excluding hydrogens is 395 g/mol. The van der Waals surface area contributed by atoms with Gasteiger partial charge in [-0.3, -0.25) is 4.79 Å². The number of hydrogen-bond donors (Lipinski definition) is 0. The van der Waals surface area contributed by atoms with Gasteiger partial charge in [-0.1, -0.05) is 36.4 Å². The van der Waals surface area contributed by atoms with Gasteiger partial charge in [-0.25, -0.2) is 4.39 Å². The maximum absolute atomic E-state index is 13.9. The van der Waals surface area contributed by atoms with Gasteiger partial charge in [0, 0.05) is 35.6 Å². The second kappa shape index (κ2) is 7.55. The second-order valence-electron chi connectivity index (χ2n) is 8.49. The highest BCUT2D eigenvalue weighted by Gasteiger charge is 2.54. The Morgan fingerprint density at radius 2 is 1.80 bits per heavy atom. The smallest absolute Gasteiger partial charge is 0.263 e. The quantitative estimate of drug-likeness (QED) is 0.544. The summed E-state index contributed by atoms with van der Waals surface area (Å²) in [5.41, 5.74) is 2.32. The maximum atomic E-state index is 13.9. The van der Waals surface area contributed by atoms with Crippen LogP contribution in [0.2, 0.25) is 0 Å². The van der Waals surface area contributed by atoms with Crippen LogP contribution in [-0.4, -0.2) is 30.4 Å². The Morgan fingerprint density at radius 1 is 1.03 bits per heavy atom. The molecule has 5 heteroatoms. The van der Waals surface area contributed by atoms with E-state index in [1.54, 1.807) is 23.5 Å². The van der Waals surface area contributed by atoms with Crippen LogP contribution in [0.3, 0.4) is 0 Å². The highest BCUT2D eigenvalue weighted by Crippen LogP contribution is 2.56. The van der Waals surface area contributed by atoms with Crippen molar-refractivity contribution in [3.8, 4) is 0 Å². The van der Waals surface area contributed by atoms with E-state index in [0.717, 1.165) is 43.0 Å². The molecule has 5 rings (SSSR count). The minimum absolute atomic E-state index is 0.121. The molecule has 1 spiro atoms. The summed E-state index contributed by atoms with van der Waals surface area (Å²) in [7, 11) is 0. The minimum Gasteiger partial charge on any atom is -0.363 e. The molecule has 1 unspecified atom stereocenters. The number of aryl methyl sites for hydroxylation is 1. The lowest BCUT2D eigenvalue weighted by atomic mass is 9.63. The van der Waals surface area contributed by atoms with Crippen LogP contribution < -0.4 is 4.90 Å². The molecule has 30 heavy (non-hydrogen) atoms. The normalized spacial score (nSPS) is 20.3. The van der Waals surface area contributed by atoms with Crippen LogP contribution in [0.5, 0.6) is 0 Å². The third-order valence-electron chi connectivity index (χ3n) is 6.63. The number of benzene rings is 2. The molecule has 0 bridgehead atoms. The van der Waals surface area contributed by atoms with Crippen molar-refractivity contribution in [1.82, 2.24) is 4.90 Å². The lowest BCUT2D eigenvalue weighted by molar-refractivity contribution is 0.0274. The zero-order chi connectivity index (χ0) is 20.7. The van der Waals surface area contributed by atoms with Crippen molar-refractivity contribution >= 4 is 22.9 Å². The Kier molecular flexibility index (Phi) is 4.86. The standard InChI is InChI=1S/C25H25FN2OS/c1-18-10-11-22(30-18)24(29)27-14-12-25(13-15-27)17-28(21-9-5-8-20(26)16-21)23(25)19-6-3-2-4-7-19/h2-11,16,23H,12-15,17H2,1H3. The maximum Gasteiger partial charge on any atom is 0.263 e. The lowest BCUT2D eigenvalue weighted by Crippen LogP contribution is -2.62. The van der Waals surface area contributed by atoms with E-state index >= 15 is 0 Å². The van der Waals surface area contributed by atoms with Crippen LogP contribution in [0.1, 0.15) is 39.0 Å². The zero-order valence-corrected chi connectivity index (χ0v) is 17.9. The second-order valence-corrected chi connectivity index (χ2v) is 9.77. The van der Waals surface area contributed by atoms with E-state index in [1.807, 2.05) is 36.1 Å². The third kappa shape index (κ3) is 3.31. The number of nitrogens with zero attached hydrogens (tertiary/aromatic N) is 2. The van der Waals surface area contributed by atoms with Gasteiger partial charge in [0.25, 0.3) is 5.91 Å². The Bertz CT molecular complexity index is 1060. The summed E-state index contributed by atoms with van der Waals surface area (Å²) in [6, 6.07) is 21.6. The predicted octanol–water partition coefficient (Wildman–Crippen LogP) is 5.68. The number of thiophene rings is 1. The van der Waals surface area contributed by atoms with E-state index in [0.29, 0.717) is 0 Å². The van der Waals surface area contributed by atoms with Gasteiger partial charge in [0.15, 0.2) is 0 Å². The average molecular weight is 421 g/mol. The van der Waals surface area contributed by atoms with Gasteiger partial charge in [-0.2, -0.15) is 0 Å². The number of anilines is 1. The Hall–Kier alpha value is -2.66. The first-order valence-corrected chi connectivity index (χ1v) is 11.3. The monoisotopic (exact) mass is 420 g/mol. The molecule has 2 aliphatic rings. The van der Waals surface area contributed by atoms with Crippen LogP contribution in [0.25, 0.3) is 0 Å². The molecule has 2 saturated heterocycles. The van der Waals surface area contributed by atoms with E-state index in [9.17, 15) is 9.18 Å². The van der Waals surface area contributed by atoms with Crippen LogP contribution in [0.4, 0.5) is 10.1 Å². The Labute approximate surface area is 180 Å². The van der Waals surface area contributed by atoms with Crippen molar-refractivity contribution in [2.75, 3.05) is 24.5 Å². The van der Waals surface area contributed by atoms with Gasteiger partial charge in [-0.05, 0) is 55.7 Å². The Balaban J connectivity index is 1.38. The minimum atomic E-state index is -0.202. The lowest BCUT2D eigenvalue weighted by Gasteiger charge is -2.61. The topological polar surface area (TPSA) is 23.6 Å². The molecule has 1 aromatic heterocycles. The van der Waals surface area contributed by atoms with Crippen molar-refractivity contribution in [1.29, 1.82) is 0 Å². The molecule has 2 aromatic carbocycles. The zero-order valence-electron chi connectivity index (χ0n) is 17.1. The number of hydrogen-bond acceptors (Lipinski definition) is 3. The van der Waals surface area contributed by atoms with Crippen LogP contribution >= 0.6 is 11.3 Å². The highest BCUT2D eigenvalue weighted by atomic mass is 32.1. The van der Waals surface area contributed by atoms with Gasteiger partial charge in [0.1, 0.15) is 5.82 Å². The van der Waals surface area contributed by atoms with Gasteiger partial charge >= 0.3 is 0 Å². The first-order valence-electron chi connectivity index (χ1n) is 10.5. The summed E-state index contributed by atoms with van der Waals surface area (Å²) < 4.78 is 13.9. The molecule has 1 amide bonds. The molecule has 3 aromatic rings. The average Bonchev–Trinajstić information content (AvgIpc) is 3.19. The fourth-order valence-corrected chi connectivity index (χ4v) is 5.93. The van der Waals surface area contributed by atoms with Crippen LogP contribution in [-0.2, 0) is 0 Å². The summed E-state index contributed by atoms with van der Waals surface area (Å²) in [6.45, 7) is 4.48. The molecule has 1 atom stereocenters. The van der Waals surface area contributed by atoms with Gasteiger partial charge in [0.05, 0.1) is 10.9 Å². The number of carbonyl (C=O) groups is 1. The van der Waals surface area contributed by atoms with E-state index in [1.165, 1.54) is 16.5 Å². The molecular formula is C25H25FN2OS. The first-order chi connectivity index (χ1) is 14.6. The van der Waals surface area contributed by atoms with Crippen molar-refractivity contribution in [3.05, 3.63) is 87.9 Å². The van der Waals surface area contributed by atoms with Crippen molar-refractivity contribution in [3.63, 3.8) is 0 Å². The van der Waals surface area contributed by atoms with Crippen molar-refractivity contribution < 1.29 is 9.18 Å². The van der Waals surface area contributed by atoms with E-state index in [2.05, 4.69) is 29.2 Å². The third-order valence-corrected chi connectivity index (χ3v) is 7.62. The fourth-order valence-electron chi connectivity index (χ4n) is 5.09. The van der Waals surface area contributed by atoms with Crippen molar-refractivity contribution in [2.24, 2.45) is 5.41 Å². The Morgan fingerprint density at radius 3 is 2.47 bits per heavy atom. The highest BCUT2D eigenvalue weighted by molar-refractivity contribution is 7.13. The summed E-state index contributed by atoms with van der Waals surface area (Å²) in [4.78, 5) is 19.2. The molecule has 2 fully saturated rings. The number of rotatable bonds is 3. The molecule has 0 radical (unpaired) electrons. The number of piperidine rings is 1. The molecule has 0 aliphatic carbocycles. The number of halogens is 1. The number of likely N-dealkylation sites (tertiary alicyclic amines) is 1. The summed E-state index contributed by atoms with van der Waals surface area (Å²) in [5, 5.41) is 0. The molecule has 0 saturated carbocycles.